The summed E-state index contributed by atoms with van der Waals surface area (Å²) in [5.74, 6) is 0.613. The minimum atomic E-state index is -0.219. The molecule has 1 N–H and O–H groups in total. The van der Waals surface area contributed by atoms with E-state index in [2.05, 4.69) is 5.32 Å². The molecule has 5 heteroatoms. The summed E-state index contributed by atoms with van der Waals surface area (Å²) in [4.78, 5) is 14.9. The average Bonchev–Trinajstić information content (AvgIpc) is 3.31. The van der Waals surface area contributed by atoms with Crippen LogP contribution in [-0.4, -0.2) is 28.9 Å². The molecule has 1 aromatic rings. The van der Waals surface area contributed by atoms with Crippen molar-refractivity contribution in [3.8, 4) is 0 Å². The molecule has 0 aromatic heterocycles. The Morgan fingerprint density at radius 2 is 1.71 bits per heavy atom. The lowest BCUT2D eigenvalue weighted by Gasteiger charge is -2.31. The number of hydrogen-bond acceptors (Lipinski definition) is 2. The first kappa shape index (κ1) is 17.7. The summed E-state index contributed by atoms with van der Waals surface area (Å²) in [6, 6.07) is 8.23. The van der Waals surface area contributed by atoms with Crippen LogP contribution in [0.25, 0.3) is 0 Å². The maximum absolute atomic E-state index is 13.1. The van der Waals surface area contributed by atoms with Crippen LogP contribution >= 0.6 is 12.4 Å². The number of carbonyl (C=O) groups is 1. The summed E-state index contributed by atoms with van der Waals surface area (Å²) in [5.41, 5.74) is 1.03. The summed E-state index contributed by atoms with van der Waals surface area (Å²) in [7, 11) is 0. The predicted octanol–water partition coefficient (Wildman–Crippen LogP) is 3.66. The van der Waals surface area contributed by atoms with Gasteiger partial charge in [-0.1, -0.05) is 12.1 Å². The molecule has 2 heterocycles. The molecule has 1 saturated carbocycles. The Morgan fingerprint density at radius 1 is 1.08 bits per heavy atom. The second-order valence-electron chi connectivity index (χ2n) is 7.56. The van der Waals surface area contributed by atoms with Crippen molar-refractivity contribution >= 4 is 18.3 Å². The van der Waals surface area contributed by atoms with Crippen molar-refractivity contribution in [2.75, 3.05) is 0 Å². The van der Waals surface area contributed by atoms with E-state index in [0.29, 0.717) is 42.9 Å². The van der Waals surface area contributed by atoms with E-state index in [-0.39, 0.29) is 18.2 Å². The van der Waals surface area contributed by atoms with Crippen LogP contribution in [0.15, 0.2) is 24.3 Å². The largest absolute Gasteiger partial charge is 0.335 e. The molecule has 2 atom stereocenters. The molecule has 1 aromatic carbocycles. The molecular formula is C19H26ClFN2O. The fraction of sp³-hybridized carbons (Fsp3) is 0.632. The maximum Gasteiger partial charge on any atom is 0.223 e. The molecule has 1 amide bonds. The highest BCUT2D eigenvalue weighted by Crippen LogP contribution is 2.35. The van der Waals surface area contributed by atoms with Crippen LogP contribution in [0.1, 0.15) is 50.5 Å². The third-order valence-corrected chi connectivity index (χ3v) is 5.61. The number of benzene rings is 1. The van der Waals surface area contributed by atoms with Crippen LogP contribution in [0.2, 0.25) is 0 Å². The molecule has 0 radical (unpaired) electrons. The SMILES string of the molecule is Cl.O=C(CC1CC2CCC(C1)N2)N(Cc1ccc(F)cc1)C1CC1. The van der Waals surface area contributed by atoms with Crippen LogP contribution < -0.4 is 5.32 Å². The lowest BCUT2D eigenvalue weighted by Crippen LogP contribution is -2.40. The molecule has 2 saturated heterocycles. The molecular weight excluding hydrogens is 327 g/mol. The third-order valence-electron chi connectivity index (χ3n) is 5.61. The first-order valence-electron chi connectivity index (χ1n) is 8.97. The Morgan fingerprint density at radius 3 is 2.29 bits per heavy atom. The first-order valence-corrected chi connectivity index (χ1v) is 8.97. The van der Waals surface area contributed by atoms with Crippen molar-refractivity contribution in [1.29, 1.82) is 0 Å². The van der Waals surface area contributed by atoms with Gasteiger partial charge in [0.15, 0.2) is 0 Å². The van der Waals surface area contributed by atoms with Gasteiger partial charge < -0.3 is 10.2 Å². The third kappa shape index (κ3) is 4.09. The highest BCUT2D eigenvalue weighted by Gasteiger charge is 2.37. The normalized spacial score (nSPS) is 28.3. The topological polar surface area (TPSA) is 32.3 Å². The van der Waals surface area contributed by atoms with Crippen molar-refractivity contribution in [2.24, 2.45) is 5.92 Å². The zero-order chi connectivity index (χ0) is 15.8. The molecule has 132 valence electrons. The van der Waals surface area contributed by atoms with Crippen molar-refractivity contribution < 1.29 is 9.18 Å². The first-order chi connectivity index (χ1) is 11.2. The Labute approximate surface area is 149 Å². The zero-order valence-electron chi connectivity index (χ0n) is 13.9. The number of nitrogens with zero attached hydrogens (tertiary/aromatic N) is 1. The van der Waals surface area contributed by atoms with E-state index in [1.165, 1.54) is 25.0 Å². The second-order valence-corrected chi connectivity index (χ2v) is 7.56. The van der Waals surface area contributed by atoms with Gasteiger partial charge in [0.1, 0.15) is 5.82 Å². The van der Waals surface area contributed by atoms with E-state index in [1.807, 2.05) is 4.90 Å². The van der Waals surface area contributed by atoms with Crippen molar-refractivity contribution in [3.63, 3.8) is 0 Å². The van der Waals surface area contributed by atoms with Crippen molar-refractivity contribution in [3.05, 3.63) is 35.6 Å². The summed E-state index contributed by atoms with van der Waals surface area (Å²) in [5, 5.41) is 3.64. The summed E-state index contributed by atoms with van der Waals surface area (Å²) in [6.45, 7) is 0.627. The van der Waals surface area contributed by atoms with Gasteiger partial charge in [-0.05, 0) is 62.1 Å². The van der Waals surface area contributed by atoms with Gasteiger partial charge in [0.2, 0.25) is 5.91 Å². The lowest BCUT2D eigenvalue weighted by molar-refractivity contribution is -0.133. The molecule has 2 bridgehead atoms. The monoisotopic (exact) mass is 352 g/mol. The number of fused-ring (bicyclic) bond motifs is 2. The summed E-state index contributed by atoms with van der Waals surface area (Å²) in [6.07, 6.45) is 7.77. The van der Waals surface area contributed by atoms with E-state index in [9.17, 15) is 9.18 Å². The Kier molecular flexibility index (Phi) is 5.46. The molecule has 0 spiro atoms. The van der Waals surface area contributed by atoms with Gasteiger partial charge in [0, 0.05) is 31.1 Å². The Balaban J connectivity index is 0.00000169. The minimum Gasteiger partial charge on any atom is -0.335 e. The summed E-state index contributed by atoms with van der Waals surface area (Å²) < 4.78 is 13.1. The Hall–Kier alpha value is -1.13. The molecule has 3 nitrogen and oxygen atoms in total. The van der Waals surface area contributed by atoms with E-state index >= 15 is 0 Å². The molecule has 3 fully saturated rings. The van der Waals surface area contributed by atoms with Gasteiger partial charge in [-0.15, -0.1) is 12.4 Å². The zero-order valence-corrected chi connectivity index (χ0v) is 14.7. The van der Waals surface area contributed by atoms with Crippen LogP contribution in [0, 0.1) is 11.7 Å². The molecule has 4 rings (SSSR count). The van der Waals surface area contributed by atoms with E-state index in [0.717, 1.165) is 31.2 Å². The van der Waals surface area contributed by atoms with Crippen LogP contribution in [0.3, 0.4) is 0 Å². The van der Waals surface area contributed by atoms with E-state index in [4.69, 9.17) is 0 Å². The van der Waals surface area contributed by atoms with Crippen LogP contribution in [0.5, 0.6) is 0 Å². The maximum atomic E-state index is 13.1. The van der Waals surface area contributed by atoms with Gasteiger partial charge in [-0.25, -0.2) is 4.39 Å². The highest BCUT2D eigenvalue weighted by molar-refractivity contribution is 5.85. The summed E-state index contributed by atoms with van der Waals surface area (Å²) >= 11 is 0. The fourth-order valence-electron chi connectivity index (χ4n) is 4.30. The molecule has 1 aliphatic carbocycles. The quantitative estimate of drug-likeness (QED) is 0.877. The van der Waals surface area contributed by atoms with E-state index < -0.39 is 0 Å². The van der Waals surface area contributed by atoms with Crippen LogP contribution in [0.4, 0.5) is 4.39 Å². The number of piperidine rings is 1. The number of carbonyl (C=O) groups excluding carboxylic acids is 1. The highest BCUT2D eigenvalue weighted by atomic mass is 35.5. The standard InChI is InChI=1S/C19H25FN2O.ClH/c20-15-3-1-13(2-4-15)12-22(18-7-8-18)19(23)11-14-9-16-5-6-17(10-14)21-16;/h1-4,14,16-18,21H,5-12H2;1H. The van der Waals surface area contributed by atoms with Gasteiger partial charge in [-0.3, -0.25) is 4.79 Å². The van der Waals surface area contributed by atoms with Gasteiger partial charge in [-0.2, -0.15) is 0 Å². The van der Waals surface area contributed by atoms with Gasteiger partial charge in [0.25, 0.3) is 0 Å². The predicted molar refractivity (Wildman–Crippen MR) is 94.5 cm³/mol. The average molecular weight is 353 g/mol. The number of halogens is 2. The number of rotatable bonds is 5. The Bertz CT molecular complexity index is 563. The van der Waals surface area contributed by atoms with Crippen LogP contribution in [-0.2, 0) is 11.3 Å². The number of nitrogens with one attached hydrogen (secondary N) is 1. The van der Waals surface area contributed by atoms with Crippen molar-refractivity contribution in [2.45, 2.75) is 69.6 Å². The van der Waals surface area contributed by atoms with E-state index in [1.54, 1.807) is 12.1 Å². The lowest BCUT2D eigenvalue weighted by atomic mass is 9.89. The minimum absolute atomic E-state index is 0. The molecule has 2 aliphatic heterocycles. The number of hydrogen-bond donors (Lipinski definition) is 1. The second kappa shape index (κ2) is 7.40. The molecule has 24 heavy (non-hydrogen) atoms. The molecule has 2 unspecified atom stereocenters. The van der Waals surface area contributed by atoms with Gasteiger partial charge >= 0.3 is 0 Å². The fourth-order valence-corrected chi connectivity index (χ4v) is 4.30. The van der Waals surface area contributed by atoms with Gasteiger partial charge in [0.05, 0.1) is 0 Å². The molecule has 3 aliphatic rings. The van der Waals surface area contributed by atoms with Crippen molar-refractivity contribution in [1.82, 2.24) is 10.2 Å². The number of amides is 1. The smallest absolute Gasteiger partial charge is 0.223 e.